The van der Waals surface area contributed by atoms with Gasteiger partial charge in [-0.15, -0.1) is 0 Å². The Morgan fingerprint density at radius 2 is 1.92 bits per heavy atom. The maximum absolute atomic E-state index is 12.0. The lowest BCUT2D eigenvalue weighted by Gasteiger charge is -2.11. The highest BCUT2D eigenvalue weighted by Gasteiger charge is 2.16. The predicted octanol–water partition coefficient (Wildman–Crippen LogP) is 1.66. The van der Waals surface area contributed by atoms with Crippen LogP contribution in [-0.4, -0.2) is 37.7 Å². The van der Waals surface area contributed by atoms with E-state index in [1.54, 1.807) is 36.7 Å². The van der Waals surface area contributed by atoms with Crippen LogP contribution in [-0.2, 0) is 21.4 Å². The maximum Gasteiger partial charge on any atom is 0.244 e. The molecule has 126 valence electrons. The maximum atomic E-state index is 12.0. The Morgan fingerprint density at radius 3 is 2.50 bits per heavy atom. The Balaban J connectivity index is 1.95. The van der Waals surface area contributed by atoms with Crippen LogP contribution in [0.15, 0.2) is 59.8 Å². The average Bonchev–Trinajstić information content (AvgIpc) is 2.59. The molecule has 0 bridgehead atoms. The Hall–Kier alpha value is -2.51. The first kappa shape index (κ1) is 17.8. The van der Waals surface area contributed by atoms with Gasteiger partial charge in [-0.1, -0.05) is 18.2 Å². The second-order valence-corrected chi connectivity index (χ2v) is 7.42. The SMILES string of the molecule is CN(C)S(=O)(=O)c1ccc(/C=C/C(=O)NCc2cccnc2)cc1. The second-order valence-electron chi connectivity index (χ2n) is 5.27. The minimum absolute atomic E-state index is 0.214. The molecular weight excluding hydrogens is 326 g/mol. The molecule has 0 saturated carbocycles. The molecular formula is C17H19N3O3S. The van der Waals surface area contributed by atoms with Crippen molar-refractivity contribution in [1.82, 2.24) is 14.6 Å². The van der Waals surface area contributed by atoms with Gasteiger partial charge in [0.15, 0.2) is 0 Å². The summed E-state index contributed by atoms with van der Waals surface area (Å²) < 4.78 is 25.1. The second kappa shape index (κ2) is 7.85. The van der Waals surface area contributed by atoms with E-state index in [2.05, 4.69) is 10.3 Å². The van der Waals surface area contributed by atoms with E-state index in [9.17, 15) is 13.2 Å². The van der Waals surface area contributed by atoms with Crippen molar-refractivity contribution in [2.24, 2.45) is 0 Å². The molecule has 1 N–H and O–H groups in total. The van der Waals surface area contributed by atoms with Gasteiger partial charge < -0.3 is 5.32 Å². The van der Waals surface area contributed by atoms with Gasteiger partial charge in [0.05, 0.1) is 4.90 Å². The van der Waals surface area contributed by atoms with Crippen LogP contribution in [0.4, 0.5) is 0 Å². The molecule has 1 aromatic heterocycles. The molecule has 2 aromatic rings. The Morgan fingerprint density at radius 1 is 1.21 bits per heavy atom. The molecule has 0 saturated heterocycles. The molecule has 0 aliphatic carbocycles. The smallest absolute Gasteiger partial charge is 0.244 e. The summed E-state index contributed by atoms with van der Waals surface area (Å²) in [6.07, 6.45) is 6.40. The van der Waals surface area contributed by atoms with E-state index in [0.29, 0.717) is 6.54 Å². The Bertz CT molecular complexity index is 814. The number of hydrogen-bond donors (Lipinski definition) is 1. The third kappa shape index (κ3) is 4.74. The summed E-state index contributed by atoms with van der Waals surface area (Å²) in [7, 11) is -0.476. The number of amides is 1. The highest BCUT2D eigenvalue weighted by molar-refractivity contribution is 7.89. The zero-order valence-corrected chi connectivity index (χ0v) is 14.3. The standard InChI is InChI=1S/C17H19N3O3S/c1-20(2)24(22,23)16-8-5-14(6-9-16)7-10-17(21)19-13-15-4-3-11-18-12-15/h3-12H,13H2,1-2H3,(H,19,21)/b10-7+. The number of carbonyl (C=O) groups excluding carboxylic acids is 1. The van der Waals surface area contributed by atoms with Crippen molar-refractivity contribution < 1.29 is 13.2 Å². The number of aromatic nitrogens is 1. The van der Waals surface area contributed by atoms with Crippen LogP contribution in [0, 0.1) is 0 Å². The Kier molecular flexibility index (Phi) is 5.83. The van der Waals surface area contributed by atoms with Crippen molar-refractivity contribution >= 4 is 22.0 Å². The van der Waals surface area contributed by atoms with E-state index in [-0.39, 0.29) is 10.8 Å². The van der Waals surface area contributed by atoms with Gasteiger partial charge in [0.25, 0.3) is 0 Å². The molecule has 0 fully saturated rings. The number of nitrogens with one attached hydrogen (secondary N) is 1. The number of benzene rings is 1. The lowest BCUT2D eigenvalue weighted by atomic mass is 10.2. The quantitative estimate of drug-likeness (QED) is 0.808. The lowest BCUT2D eigenvalue weighted by Crippen LogP contribution is -2.22. The largest absolute Gasteiger partial charge is 0.348 e. The van der Waals surface area contributed by atoms with Gasteiger partial charge in [-0.05, 0) is 35.4 Å². The molecule has 0 unspecified atom stereocenters. The zero-order chi connectivity index (χ0) is 17.6. The monoisotopic (exact) mass is 345 g/mol. The van der Waals surface area contributed by atoms with Gasteiger partial charge in [0.2, 0.25) is 15.9 Å². The van der Waals surface area contributed by atoms with E-state index in [0.717, 1.165) is 15.4 Å². The van der Waals surface area contributed by atoms with Crippen molar-refractivity contribution in [2.45, 2.75) is 11.4 Å². The minimum atomic E-state index is -3.44. The van der Waals surface area contributed by atoms with Crippen LogP contribution in [0.25, 0.3) is 6.08 Å². The number of rotatable bonds is 6. The first-order chi connectivity index (χ1) is 11.4. The van der Waals surface area contributed by atoms with Crippen molar-refractivity contribution in [3.05, 3.63) is 66.0 Å². The van der Waals surface area contributed by atoms with Gasteiger partial charge in [0, 0.05) is 39.1 Å². The normalized spacial score (nSPS) is 11.8. The summed E-state index contributed by atoms with van der Waals surface area (Å²) in [6, 6.07) is 10.0. The van der Waals surface area contributed by atoms with E-state index >= 15 is 0 Å². The van der Waals surface area contributed by atoms with Crippen molar-refractivity contribution in [1.29, 1.82) is 0 Å². The Labute approximate surface area is 141 Å². The minimum Gasteiger partial charge on any atom is -0.348 e. The van der Waals surface area contributed by atoms with Gasteiger partial charge in [-0.2, -0.15) is 0 Å². The molecule has 24 heavy (non-hydrogen) atoms. The van der Waals surface area contributed by atoms with E-state index < -0.39 is 10.0 Å². The number of sulfonamides is 1. The zero-order valence-electron chi connectivity index (χ0n) is 13.5. The van der Waals surface area contributed by atoms with Crippen LogP contribution >= 0.6 is 0 Å². The predicted molar refractivity (Wildman–Crippen MR) is 92.4 cm³/mol. The summed E-state index contributed by atoms with van der Waals surface area (Å²) >= 11 is 0. The number of pyridine rings is 1. The van der Waals surface area contributed by atoms with Crippen molar-refractivity contribution in [2.75, 3.05) is 14.1 Å². The average molecular weight is 345 g/mol. The summed E-state index contributed by atoms with van der Waals surface area (Å²) in [5.74, 6) is -0.233. The van der Waals surface area contributed by atoms with E-state index in [1.807, 2.05) is 6.07 Å². The van der Waals surface area contributed by atoms with Crippen LogP contribution in [0.5, 0.6) is 0 Å². The van der Waals surface area contributed by atoms with Gasteiger partial charge in [-0.3, -0.25) is 9.78 Å². The topological polar surface area (TPSA) is 79.4 Å². The lowest BCUT2D eigenvalue weighted by molar-refractivity contribution is -0.116. The summed E-state index contributed by atoms with van der Waals surface area (Å²) in [6.45, 7) is 0.400. The summed E-state index contributed by atoms with van der Waals surface area (Å²) in [5, 5.41) is 2.75. The van der Waals surface area contributed by atoms with Gasteiger partial charge in [0.1, 0.15) is 0 Å². The highest BCUT2D eigenvalue weighted by Crippen LogP contribution is 2.14. The summed E-state index contributed by atoms with van der Waals surface area (Å²) in [5.41, 5.74) is 1.65. The van der Waals surface area contributed by atoms with Crippen molar-refractivity contribution in [3.8, 4) is 0 Å². The van der Waals surface area contributed by atoms with Crippen LogP contribution in [0.1, 0.15) is 11.1 Å². The molecule has 1 aromatic carbocycles. The number of hydrogen-bond acceptors (Lipinski definition) is 4. The fraction of sp³-hybridized carbons (Fsp3) is 0.176. The van der Waals surface area contributed by atoms with E-state index in [4.69, 9.17) is 0 Å². The molecule has 0 radical (unpaired) electrons. The van der Waals surface area contributed by atoms with Crippen molar-refractivity contribution in [3.63, 3.8) is 0 Å². The third-order valence-corrected chi connectivity index (χ3v) is 5.10. The van der Waals surface area contributed by atoms with Crippen LogP contribution in [0.2, 0.25) is 0 Å². The van der Waals surface area contributed by atoms with Gasteiger partial charge >= 0.3 is 0 Å². The fourth-order valence-corrected chi connectivity index (χ4v) is 2.79. The van der Waals surface area contributed by atoms with E-state index in [1.165, 1.54) is 32.3 Å². The molecule has 7 heteroatoms. The number of carbonyl (C=O) groups is 1. The molecule has 0 atom stereocenters. The highest BCUT2D eigenvalue weighted by atomic mass is 32.2. The molecule has 6 nitrogen and oxygen atoms in total. The molecule has 1 heterocycles. The third-order valence-electron chi connectivity index (χ3n) is 3.28. The summed E-state index contributed by atoms with van der Waals surface area (Å²) in [4.78, 5) is 16.0. The fourth-order valence-electron chi connectivity index (χ4n) is 1.88. The first-order valence-corrected chi connectivity index (χ1v) is 8.71. The molecule has 0 aliphatic heterocycles. The first-order valence-electron chi connectivity index (χ1n) is 7.27. The van der Waals surface area contributed by atoms with Crippen LogP contribution in [0.3, 0.4) is 0 Å². The number of nitrogens with zero attached hydrogens (tertiary/aromatic N) is 2. The molecule has 0 aliphatic rings. The molecule has 2 rings (SSSR count). The molecule has 0 spiro atoms. The van der Waals surface area contributed by atoms with Gasteiger partial charge in [-0.25, -0.2) is 12.7 Å². The van der Waals surface area contributed by atoms with Crippen LogP contribution < -0.4 is 5.32 Å². The molecule has 1 amide bonds.